The Bertz CT molecular complexity index is 718. The largest absolute Gasteiger partial charge is 0.439 e. The molecule has 2 fully saturated rings. The van der Waals surface area contributed by atoms with Gasteiger partial charge >= 0.3 is 6.09 Å². The summed E-state index contributed by atoms with van der Waals surface area (Å²) in [4.78, 5) is 26.7. The molecule has 0 unspecified atom stereocenters. The van der Waals surface area contributed by atoms with Gasteiger partial charge in [-0.1, -0.05) is 6.07 Å². The highest BCUT2D eigenvalue weighted by atomic mass is 32.2. The molecule has 2 saturated heterocycles. The average molecular weight is 359 g/mol. The Morgan fingerprint density at radius 2 is 2.26 bits per heavy atom. The minimum Gasteiger partial charge on any atom is -0.439 e. The molecule has 1 atom stereocenters. The molecule has 126 valence electrons. The molecule has 0 aliphatic carbocycles. The number of carbonyl (C=O) groups excluding carboxylic acids is 2. The van der Waals surface area contributed by atoms with E-state index in [2.05, 4.69) is 4.72 Å². The van der Waals surface area contributed by atoms with Crippen LogP contribution in [0.1, 0.15) is 6.42 Å². The van der Waals surface area contributed by atoms with E-state index in [1.54, 1.807) is 18.5 Å². The fraction of sp³-hybridized carbons (Fsp3) is 0.538. The maximum Gasteiger partial charge on any atom is 0.410 e. The fourth-order valence-electron chi connectivity index (χ4n) is 2.82. The lowest BCUT2D eigenvalue weighted by Crippen LogP contribution is -2.42. The third-order valence-electron chi connectivity index (χ3n) is 3.98. The van der Waals surface area contributed by atoms with E-state index in [0.717, 1.165) is 11.3 Å². The van der Waals surface area contributed by atoms with Crippen LogP contribution < -0.4 is 4.72 Å². The van der Waals surface area contributed by atoms with E-state index in [1.807, 2.05) is 0 Å². The highest BCUT2D eigenvalue weighted by molar-refractivity contribution is 7.91. The van der Waals surface area contributed by atoms with E-state index in [-0.39, 0.29) is 16.7 Å². The van der Waals surface area contributed by atoms with Crippen LogP contribution in [0, 0.1) is 0 Å². The lowest BCUT2D eigenvalue weighted by Gasteiger charge is -2.21. The van der Waals surface area contributed by atoms with Gasteiger partial charge in [0.25, 0.3) is 10.0 Å². The van der Waals surface area contributed by atoms with Crippen molar-refractivity contribution in [1.82, 2.24) is 14.5 Å². The second-order valence-electron chi connectivity index (χ2n) is 5.73. The Morgan fingerprint density at radius 1 is 1.48 bits per heavy atom. The van der Waals surface area contributed by atoms with Gasteiger partial charge in [0.2, 0.25) is 5.91 Å². The summed E-state index contributed by atoms with van der Waals surface area (Å²) in [6, 6.07) is 3.12. The van der Waals surface area contributed by atoms with E-state index in [0.29, 0.717) is 26.1 Å². The van der Waals surface area contributed by atoms with Crippen molar-refractivity contribution < 1.29 is 22.7 Å². The quantitative estimate of drug-likeness (QED) is 0.821. The van der Waals surface area contributed by atoms with Crippen molar-refractivity contribution in [3.05, 3.63) is 17.5 Å². The molecule has 8 nitrogen and oxygen atoms in total. The van der Waals surface area contributed by atoms with Crippen LogP contribution in [0.5, 0.6) is 0 Å². The Kier molecular flexibility index (Phi) is 4.07. The molecule has 0 radical (unpaired) electrons. The standard InChI is InChI=1S/C13H17N3O5S2/c1-15-8-13(21-12(15)18)4-5-16(9-13)10(17)7-14-23(19,20)11-3-2-6-22-11/h2-3,6,14H,4-5,7-9H2,1H3/t13-/m1/s1. The summed E-state index contributed by atoms with van der Waals surface area (Å²) in [5.41, 5.74) is -0.659. The maximum atomic E-state index is 12.2. The first-order valence-electron chi connectivity index (χ1n) is 7.06. The Balaban J connectivity index is 1.57. The molecule has 23 heavy (non-hydrogen) atoms. The number of likely N-dealkylation sites (tertiary alicyclic amines) is 1. The molecule has 0 aromatic carbocycles. The molecule has 2 amide bonds. The van der Waals surface area contributed by atoms with Crippen LogP contribution >= 0.6 is 11.3 Å². The molecule has 1 spiro atoms. The molecule has 0 bridgehead atoms. The van der Waals surface area contributed by atoms with Crippen LogP contribution in [-0.4, -0.2) is 69.0 Å². The number of likely N-dealkylation sites (N-methyl/N-ethyl adjacent to an activating group) is 1. The second-order valence-corrected chi connectivity index (χ2v) is 8.67. The Labute approximate surface area is 138 Å². The molecular formula is C13H17N3O5S2. The number of hydrogen-bond acceptors (Lipinski definition) is 6. The number of thiophene rings is 1. The van der Waals surface area contributed by atoms with Gasteiger partial charge in [0, 0.05) is 20.0 Å². The molecular weight excluding hydrogens is 342 g/mol. The van der Waals surface area contributed by atoms with E-state index in [4.69, 9.17) is 4.74 Å². The first-order valence-corrected chi connectivity index (χ1v) is 9.43. The van der Waals surface area contributed by atoms with Gasteiger partial charge in [-0.2, -0.15) is 0 Å². The third-order valence-corrected chi connectivity index (χ3v) is 6.78. The lowest BCUT2D eigenvalue weighted by molar-refractivity contribution is -0.129. The number of hydrogen-bond donors (Lipinski definition) is 1. The molecule has 1 N–H and O–H groups in total. The molecule has 1 aromatic rings. The van der Waals surface area contributed by atoms with Crippen LogP contribution in [0.25, 0.3) is 0 Å². The van der Waals surface area contributed by atoms with Crippen LogP contribution in [0.15, 0.2) is 21.7 Å². The smallest absolute Gasteiger partial charge is 0.410 e. The van der Waals surface area contributed by atoms with Crippen LogP contribution in [0.2, 0.25) is 0 Å². The highest BCUT2D eigenvalue weighted by Crippen LogP contribution is 2.31. The SMILES string of the molecule is CN1C[C@@]2(CCN(C(=O)CNS(=O)(=O)c3cccs3)C2)OC1=O. The molecule has 1 aromatic heterocycles. The van der Waals surface area contributed by atoms with Gasteiger partial charge in [0.15, 0.2) is 5.60 Å². The number of amides is 2. The molecule has 3 rings (SSSR count). The summed E-state index contributed by atoms with van der Waals surface area (Å²) >= 11 is 1.09. The van der Waals surface area contributed by atoms with Crippen molar-refractivity contribution in [2.75, 3.05) is 33.2 Å². The normalized spacial score (nSPS) is 24.5. The van der Waals surface area contributed by atoms with Crippen molar-refractivity contribution in [2.45, 2.75) is 16.2 Å². The van der Waals surface area contributed by atoms with Crippen molar-refractivity contribution in [1.29, 1.82) is 0 Å². The summed E-state index contributed by atoms with van der Waals surface area (Å²) in [5, 5.41) is 1.66. The first kappa shape index (κ1) is 16.2. The van der Waals surface area contributed by atoms with Gasteiger partial charge in [-0.3, -0.25) is 4.79 Å². The van der Waals surface area contributed by atoms with E-state index in [9.17, 15) is 18.0 Å². The summed E-state index contributed by atoms with van der Waals surface area (Å²) < 4.78 is 31.8. The number of sulfonamides is 1. The molecule has 3 heterocycles. The van der Waals surface area contributed by atoms with Gasteiger partial charge in [0.1, 0.15) is 4.21 Å². The molecule has 2 aliphatic heterocycles. The van der Waals surface area contributed by atoms with Gasteiger partial charge in [0.05, 0.1) is 19.6 Å². The van der Waals surface area contributed by atoms with Gasteiger partial charge in [-0.25, -0.2) is 17.9 Å². The number of nitrogens with zero attached hydrogens (tertiary/aromatic N) is 2. The maximum absolute atomic E-state index is 12.2. The fourth-order valence-corrected chi connectivity index (χ4v) is 4.83. The van der Waals surface area contributed by atoms with Gasteiger partial charge in [-0.05, 0) is 11.4 Å². The monoisotopic (exact) mass is 359 g/mol. The molecule has 10 heteroatoms. The molecule has 2 aliphatic rings. The van der Waals surface area contributed by atoms with Crippen molar-refractivity contribution in [2.24, 2.45) is 0 Å². The first-order chi connectivity index (χ1) is 10.8. The minimum absolute atomic E-state index is 0.175. The van der Waals surface area contributed by atoms with Crippen molar-refractivity contribution in [3.63, 3.8) is 0 Å². The van der Waals surface area contributed by atoms with Gasteiger partial charge in [-0.15, -0.1) is 11.3 Å². The van der Waals surface area contributed by atoms with Crippen molar-refractivity contribution in [3.8, 4) is 0 Å². The second kappa shape index (κ2) is 5.77. The lowest BCUT2D eigenvalue weighted by atomic mass is 10.0. The topological polar surface area (TPSA) is 96.0 Å². The third kappa shape index (κ3) is 3.19. The number of carbonyl (C=O) groups is 2. The Hall–Kier alpha value is -1.65. The number of rotatable bonds is 4. The number of nitrogens with one attached hydrogen (secondary N) is 1. The predicted molar refractivity (Wildman–Crippen MR) is 82.5 cm³/mol. The summed E-state index contributed by atoms with van der Waals surface area (Å²) in [7, 11) is -2.01. The van der Waals surface area contributed by atoms with Gasteiger partial charge < -0.3 is 14.5 Å². The minimum atomic E-state index is -3.66. The zero-order valence-corrected chi connectivity index (χ0v) is 14.2. The summed E-state index contributed by atoms with van der Waals surface area (Å²) in [6.45, 7) is 0.875. The summed E-state index contributed by atoms with van der Waals surface area (Å²) in [6.07, 6.45) is 0.171. The zero-order valence-electron chi connectivity index (χ0n) is 12.5. The van der Waals surface area contributed by atoms with Crippen LogP contribution in [-0.2, 0) is 19.6 Å². The van der Waals surface area contributed by atoms with Crippen LogP contribution in [0.3, 0.4) is 0 Å². The van der Waals surface area contributed by atoms with E-state index < -0.39 is 21.7 Å². The van der Waals surface area contributed by atoms with E-state index in [1.165, 1.54) is 15.9 Å². The van der Waals surface area contributed by atoms with Crippen molar-refractivity contribution >= 4 is 33.4 Å². The highest BCUT2D eigenvalue weighted by Gasteiger charge is 2.49. The predicted octanol–water partition coefficient (Wildman–Crippen LogP) is 0.0795. The molecule has 0 saturated carbocycles. The summed E-state index contributed by atoms with van der Waals surface area (Å²) in [5.74, 6) is -0.326. The number of ether oxygens (including phenoxy) is 1. The zero-order chi connectivity index (χ0) is 16.7. The Morgan fingerprint density at radius 3 is 2.87 bits per heavy atom. The van der Waals surface area contributed by atoms with E-state index >= 15 is 0 Å². The average Bonchev–Trinajstić information content (AvgIpc) is 3.19. The van der Waals surface area contributed by atoms with Crippen LogP contribution in [0.4, 0.5) is 4.79 Å².